The molecule has 29 heavy (non-hydrogen) atoms. The van der Waals surface area contributed by atoms with Gasteiger partial charge in [0.15, 0.2) is 0 Å². The van der Waals surface area contributed by atoms with E-state index in [1.165, 1.54) is 23.8 Å². The number of hydrogen-bond donors (Lipinski definition) is 1. The lowest BCUT2D eigenvalue weighted by Gasteiger charge is -2.17. The van der Waals surface area contributed by atoms with Crippen molar-refractivity contribution in [3.05, 3.63) is 72.9 Å². The highest BCUT2D eigenvalue weighted by atomic mass is 32.2. The predicted octanol–water partition coefficient (Wildman–Crippen LogP) is 1.53. The average molecular weight is 421 g/mol. The lowest BCUT2D eigenvalue weighted by molar-refractivity contribution is -0.0214. The SMILES string of the molecule is Cc1ccccc1S(=O)(=O)OC[C@H]1O[C@@H](n2cc(C)c(=O)[nH]c2=O)CC1N=[N+]=[N-]. The lowest BCUT2D eigenvalue weighted by atomic mass is 10.1. The van der Waals surface area contributed by atoms with Gasteiger partial charge in [-0.25, -0.2) is 4.79 Å². The van der Waals surface area contributed by atoms with Crippen LogP contribution in [0.15, 0.2) is 50.1 Å². The van der Waals surface area contributed by atoms with Gasteiger partial charge in [0, 0.05) is 23.1 Å². The van der Waals surface area contributed by atoms with Gasteiger partial charge in [0.1, 0.15) is 6.23 Å². The van der Waals surface area contributed by atoms with Crippen LogP contribution in [0.4, 0.5) is 0 Å². The van der Waals surface area contributed by atoms with Gasteiger partial charge in [-0.2, -0.15) is 8.42 Å². The molecule has 1 aromatic carbocycles. The minimum Gasteiger partial charge on any atom is -0.352 e. The van der Waals surface area contributed by atoms with Crippen molar-refractivity contribution in [2.24, 2.45) is 5.11 Å². The van der Waals surface area contributed by atoms with E-state index in [4.69, 9.17) is 14.5 Å². The molecular formula is C17H19N5O6S. The van der Waals surface area contributed by atoms with E-state index in [-0.39, 0.29) is 11.3 Å². The van der Waals surface area contributed by atoms with Gasteiger partial charge in [-0.15, -0.1) is 0 Å². The minimum atomic E-state index is -4.05. The summed E-state index contributed by atoms with van der Waals surface area (Å²) in [4.78, 5) is 28.6. The van der Waals surface area contributed by atoms with Crippen molar-refractivity contribution in [2.45, 2.75) is 43.5 Å². The van der Waals surface area contributed by atoms with Gasteiger partial charge < -0.3 is 4.74 Å². The number of hydrogen-bond acceptors (Lipinski definition) is 7. The lowest BCUT2D eigenvalue weighted by Crippen LogP contribution is -2.33. The van der Waals surface area contributed by atoms with Crippen molar-refractivity contribution in [2.75, 3.05) is 6.61 Å². The molecule has 0 spiro atoms. The first-order valence-electron chi connectivity index (χ1n) is 8.69. The van der Waals surface area contributed by atoms with Crippen LogP contribution in [0.3, 0.4) is 0 Å². The maximum Gasteiger partial charge on any atom is 0.330 e. The van der Waals surface area contributed by atoms with Crippen LogP contribution in [0, 0.1) is 13.8 Å². The van der Waals surface area contributed by atoms with Crippen molar-refractivity contribution in [1.82, 2.24) is 9.55 Å². The first-order chi connectivity index (χ1) is 13.7. The number of benzene rings is 1. The van der Waals surface area contributed by atoms with Crippen LogP contribution in [0.2, 0.25) is 0 Å². The normalized spacial score (nSPS) is 21.7. The highest BCUT2D eigenvalue weighted by molar-refractivity contribution is 7.86. The Balaban J connectivity index is 1.81. The fourth-order valence-corrected chi connectivity index (χ4v) is 4.23. The Hall–Kier alpha value is -2.92. The summed E-state index contributed by atoms with van der Waals surface area (Å²) in [6, 6.07) is 5.61. The van der Waals surface area contributed by atoms with Crippen LogP contribution in [0.5, 0.6) is 0 Å². The third kappa shape index (κ3) is 4.40. The molecule has 0 amide bonds. The molecule has 1 fully saturated rings. The molecule has 11 nitrogen and oxygen atoms in total. The molecule has 1 aromatic heterocycles. The van der Waals surface area contributed by atoms with Gasteiger partial charge in [0.2, 0.25) is 0 Å². The molecule has 12 heteroatoms. The molecule has 2 heterocycles. The summed E-state index contributed by atoms with van der Waals surface area (Å²) in [6.45, 7) is 2.78. The van der Waals surface area contributed by atoms with Gasteiger partial charge >= 0.3 is 5.69 Å². The maximum atomic E-state index is 12.5. The molecule has 3 atom stereocenters. The Morgan fingerprint density at radius 2 is 2.03 bits per heavy atom. The second-order valence-corrected chi connectivity index (χ2v) is 8.20. The highest BCUT2D eigenvalue weighted by Crippen LogP contribution is 2.31. The van der Waals surface area contributed by atoms with Gasteiger partial charge in [-0.05, 0) is 31.0 Å². The zero-order valence-electron chi connectivity index (χ0n) is 15.7. The van der Waals surface area contributed by atoms with Crippen LogP contribution in [-0.2, 0) is 19.0 Å². The summed E-state index contributed by atoms with van der Waals surface area (Å²) < 4.78 is 37.0. The van der Waals surface area contributed by atoms with E-state index in [1.54, 1.807) is 25.1 Å². The number of aromatic nitrogens is 2. The quantitative estimate of drug-likeness (QED) is 0.322. The molecular weight excluding hydrogens is 402 g/mol. The highest BCUT2D eigenvalue weighted by Gasteiger charge is 2.37. The van der Waals surface area contributed by atoms with Gasteiger partial charge in [-0.3, -0.25) is 18.5 Å². The molecule has 0 saturated carbocycles. The van der Waals surface area contributed by atoms with E-state index in [0.29, 0.717) is 11.1 Å². The minimum absolute atomic E-state index is 0.0300. The number of H-pyrrole nitrogens is 1. The summed E-state index contributed by atoms with van der Waals surface area (Å²) >= 11 is 0. The molecule has 1 unspecified atom stereocenters. The topological polar surface area (TPSA) is 156 Å². The molecule has 0 aliphatic carbocycles. The van der Waals surface area contributed by atoms with E-state index in [9.17, 15) is 18.0 Å². The van der Waals surface area contributed by atoms with Gasteiger partial charge in [0.05, 0.1) is 23.6 Å². The fourth-order valence-electron chi connectivity index (χ4n) is 3.08. The van der Waals surface area contributed by atoms with Gasteiger partial charge in [-0.1, -0.05) is 23.3 Å². The summed E-state index contributed by atoms with van der Waals surface area (Å²) in [5, 5.41) is 3.63. The summed E-state index contributed by atoms with van der Waals surface area (Å²) in [6.07, 6.45) is -0.280. The van der Waals surface area contributed by atoms with E-state index in [1.807, 2.05) is 0 Å². The van der Waals surface area contributed by atoms with Crippen LogP contribution in [0.25, 0.3) is 10.4 Å². The summed E-state index contributed by atoms with van der Waals surface area (Å²) in [5.41, 5.74) is 8.44. The third-order valence-electron chi connectivity index (χ3n) is 4.61. The number of ether oxygens (including phenoxy) is 1. The fraction of sp³-hybridized carbons (Fsp3) is 0.412. The van der Waals surface area contributed by atoms with Crippen LogP contribution in [-0.4, -0.2) is 36.7 Å². The van der Waals surface area contributed by atoms with Crippen LogP contribution in [0.1, 0.15) is 23.8 Å². The second kappa shape index (κ2) is 8.21. The molecule has 2 aromatic rings. The number of nitrogens with one attached hydrogen (secondary N) is 1. The number of azide groups is 1. The Morgan fingerprint density at radius 3 is 2.72 bits per heavy atom. The zero-order chi connectivity index (χ0) is 21.2. The summed E-state index contributed by atoms with van der Waals surface area (Å²) in [5.74, 6) is 0. The number of aryl methyl sites for hydroxylation is 2. The van der Waals surface area contributed by atoms with Crippen molar-refractivity contribution < 1.29 is 17.3 Å². The van der Waals surface area contributed by atoms with Crippen molar-refractivity contribution in [1.29, 1.82) is 0 Å². The van der Waals surface area contributed by atoms with E-state index in [2.05, 4.69) is 15.0 Å². The molecule has 3 rings (SSSR count). The molecule has 1 saturated heterocycles. The molecule has 0 radical (unpaired) electrons. The van der Waals surface area contributed by atoms with E-state index < -0.39 is 46.3 Å². The Labute approximate surface area is 165 Å². The van der Waals surface area contributed by atoms with Crippen LogP contribution < -0.4 is 11.2 Å². The predicted molar refractivity (Wildman–Crippen MR) is 102 cm³/mol. The zero-order valence-corrected chi connectivity index (χ0v) is 16.5. The summed E-state index contributed by atoms with van der Waals surface area (Å²) in [7, 11) is -4.05. The van der Waals surface area contributed by atoms with Crippen molar-refractivity contribution in [3.63, 3.8) is 0 Å². The van der Waals surface area contributed by atoms with E-state index in [0.717, 1.165) is 0 Å². The largest absolute Gasteiger partial charge is 0.352 e. The van der Waals surface area contributed by atoms with Crippen molar-refractivity contribution >= 4 is 10.1 Å². The number of rotatable bonds is 6. The third-order valence-corrected chi connectivity index (χ3v) is 6.05. The van der Waals surface area contributed by atoms with E-state index >= 15 is 0 Å². The monoisotopic (exact) mass is 421 g/mol. The first-order valence-corrected chi connectivity index (χ1v) is 10.1. The smallest absolute Gasteiger partial charge is 0.330 e. The number of nitrogens with zero attached hydrogens (tertiary/aromatic N) is 4. The molecule has 154 valence electrons. The Kier molecular flexibility index (Phi) is 5.89. The van der Waals surface area contributed by atoms with Gasteiger partial charge in [0.25, 0.3) is 15.7 Å². The first kappa shape index (κ1) is 20.8. The Morgan fingerprint density at radius 1 is 1.31 bits per heavy atom. The molecule has 1 N–H and O–H groups in total. The Bertz CT molecular complexity index is 1180. The average Bonchev–Trinajstić information content (AvgIpc) is 3.06. The maximum absolute atomic E-state index is 12.5. The second-order valence-electron chi connectivity index (χ2n) is 6.62. The number of aromatic amines is 1. The van der Waals surface area contributed by atoms with Crippen LogP contribution >= 0.6 is 0 Å². The molecule has 1 aliphatic rings. The van der Waals surface area contributed by atoms with Crippen molar-refractivity contribution in [3.8, 4) is 0 Å². The standard InChI is InChI=1S/C17H19N5O6S/c1-10-5-3-4-6-14(10)29(25,26)27-9-13-12(20-21-18)7-15(28-13)22-8-11(2)16(23)19-17(22)24/h3-6,8,12-13,15H,7,9H2,1-2H3,(H,19,23,24)/t12?,13-,15-/m1/s1. The molecule has 0 bridgehead atoms. The molecule has 1 aliphatic heterocycles.